The van der Waals surface area contributed by atoms with Gasteiger partial charge in [-0.15, -0.1) is 5.10 Å². The number of carboxylic acid groups (broad SMARTS) is 1. The summed E-state index contributed by atoms with van der Waals surface area (Å²) < 4.78 is 7.11. The lowest BCUT2D eigenvalue weighted by atomic mass is 10.1. The molecule has 0 aliphatic carbocycles. The van der Waals surface area contributed by atoms with Gasteiger partial charge in [0.1, 0.15) is 17.5 Å². The predicted molar refractivity (Wildman–Crippen MR) is 116 cm³/mol. The van der Waals surface area contributed by atoms with E-state index in [0.29, 0.717) is 37.0 Å². The van der Waals surface area contributed by atoms with Gasteiger partial charge >= 0.3 is 5.97 Å². The Morgan fingerprint density at radius 1 is 1.35 bits per heavy atom. The molecule has 1 fully saturated rings. The Kier molecular flexibility index (Phi) is 5.73. The Labute approximate surface area is 179 Å². The SMILES string of the molecule is CCN(c1c(C)c(C(=O)O)nc2c(C#N)c(Nc3ccccc3)nn12)C1CCOCC1. The van der Waals surface area contributed by atoms with Gasteiger partial charge in [0, 0.05) is 37.1 Å². The third-order valence-electron chi connectivity index (χ3n) is 5.57. The van der Waals surface area contributed by atoms with Gasteiger partial charge in [-0.05, 0) is 38.8 Å². The Bertz CT molecular complexity index is 1150. The maximum absolute atomic E-state index is 12.0. The number of nitriles is 1. The number of nitrogens with zero attached hydrogens (tertiary/aromatic N) is 5. The van der Waals surface area contributed by atoms with Crippen molar-refractivity contribution in [3.05, 3.63) is 47.2 Å². The van der Waals surface area contributed by atoms with Crippen LogP contribution in [0.15, 0.2) is 30.3 Å². The van der Waals surface area contributed by atoms with Crippen molar-refractivity contribution < 1.29 is 14.6 Å². The second-order valence-electron chi connectivity index (χ2n) is 7.41. The number of fused-ring (bicyclic) bond motifs is 1. The fraction of sp³-hybridized carbons (Fsp3) is 0.364. The first-order valence-corrected chi connectivity index (χ1v) is 10.3. The number of para-hydroxylation sites is 1. The van der Waals surface area contributed by atoms with Crippen LogP contribution in [0.3, 0.4) is 0 Å². The lowest BCUT2D eigenvalue weighted by molar-refractivity contribution is 0.0689. The summed E-state index contributed by atoms with van der Waals surface area (Å²) in [5.41, 5.74) is 1.65. The van der Waals surface area contributed by atoms with E-state index in [2.05, 4.69) is 26.4 Å². The zero-order chi connectivity index (χ0) is 22.0. The summed E-state index contributed by atoms with van der Waals surface area (Å²) in [4.78, 5) is 18.4. The molecule has 3 heterocycles. The summed E-state index contributed by atoms with van der Waals surface area (Å²) in [7, 11) is 0. The number of ether oxygens (including phenoxy) is 1. The average molecular weight is 420 g/mol. The second kappa shape index (κ2) is 8.62. The van der Waals surface area contributed by atoms with Crippen molar-refractivity contribution in [1.29, 1.82) is 5.26 Å². The Balaban J connectivity index is 1.94. The van der Waals surface area contributed by atoms with E-state index in [4.69, 9.17) is 4.74 Å². The highest BCUT2D eigenvalue weighted by atomic mass is 16.5. The smallest absolute Gasteiger partial charge is 0.354 e. The molecule has 2 aromatic heterocycles. The summed E-state index contributed by atoms with van der Waals surface area (Å²) in [6.45, 7) is 5.74. The van der Waals surface area contributed by atoms with Crippen LogP contribution in [0.4, 0.5) is 17.3 Å². The molecule has 9 heteroatoms. The number of carbonyl (C=O) groups is 1. The van der Waals surface area contributed by atoms with E-state index in [9.17, 15) is 15.2 Å². The minimum Gasteiger partial charge on any atom is -0.476 e. The molecule has 1 aliphatic heterocycles. The zero-order valence-electron chi connectivity index (χ0n) is 17.5. The summed E-state index contributed by atoms with van der Waals surface area (Å²) in [6.07, 6.45) is 1.67. The van der Waals surface area contributed by atoms with E-state index in [1.807, 2.05) is 37.3 Å². The second-order valence-corrected chi connectivity index (χ2v) is 7.41. The summed E-state index contributed by atoms with van der Waals surface area (Å²) in [5, 5.41) is 27.5. The molecule has 2 N–H and O–H groups in total. The quantitative estimate of drug-likeness (QED) is 0.624. The Morgan fingerprint density at radius 3 is 2.68 bits per heavy atom. The van der Waals surface area contributed by atoms with E-state index in [-0.39, 0.29) is 22.9 Å². The average Bonchev–Trinajstić information content (AvgIpc) is 3.13. The standard InChI is InChI=1S/C22H24N6O3/c1-3-27(16-9-11-31-12-10-16)21-14(2)18(22(29)30)25-20-17(13-23)19(26-28(20)21)24-15-7-5-4-6-8-15/h4-8,16H,3,9-12H2,1-2H3,(H,24,26)(H,29,30). The van der Waals surface area contributed by atoms with E-state index in [1.54, 1.807) is 11.4 Å². The van der Waals surface area contributed by atoms with E-state index < -0.39 is 5.97 Å². The molecule has 1 saturated heterocycles. The molecule has 0 saturated carbocycles. The van der Waals surface area contributed by atoms with Crippen LogP contribution < -0.4 is 10.2 Å². The van der Waals surface area contributed by atoms with Gasteiger partial charge in [0.2, 0.25) is 0 Å². The molecule has 0 spiro atoms. The summed E-state index contributed by atoms with van der Waals surface area (Å²) in [6, 6.07) is 11.7. The first-order valence-electron chi connectivity index (χ1n) is 10.3. The number of aromatic carboxylic acids is 1. The predicted octanol–water partition coefficient (Wildman–Crippen LogP) is 3.36. The number of rotatable bonds is 6. The van der Waals surface area contributed by atoms with Crippen molar-refractivity contribution in [3.63, 3.8) is 0 Å². The molecular weight excluding hydrogens is 396 g/mol. The number of hydrogen-bond acceptors (Lipinski definition) is 7. The highest BCUT2D eigenvalue weighted by Gasteiger charge is 2.29. The largest absolute Gasteiger partial charge is 0.476 e. The minimum atomic E-state index is -1.13. The molecule has 1 aromatic carbocycles. The first-order chi connectivity index (χ1) is 15.0. The fourth-order valence-electron chi connectivity index (χ4n) is 4.09. The fourth-order valence-corrected chi connectivity index (χ4v) is 4.09. The van der Waals surface area contributed by atoms with Gasteiger partial charge in [-0.3, -0.25) is 0 Å². The molecule has 160 valence electrons. The van der Waals surface area contributed by atoms with Crippen molar-refractivity contribution in [1.82, 2.24) is 14.6 Å². The molecule has 4 rings (SSSR count). The Morgan fingerprint density at radius 2 is 2.06 bits per heavy atom. The number of benzene rings is 1. The highest BCUT2D eigenvalue weighted by Crippen LogP contribution is 2.32. The molecule has 0 atom stereocenters. The number of hydrogen-bond donors (Lipinski definition) is 2. The van der Waals surface area contributed by atoms with E-state index in [0.717, 1.165) is 18.5 Å². The molecule has 31 heavy (non-hydrogen) atoms. The van der Waals surface area contributed by atoms with Crippen LogP contribution in [-0.2, 0) is 4.74 Å². The molecule has 0 radical (unpaired) electrons. The molecule has 0 bridgehead atoms. The third kappa shape index (κ3) is 3.78. The topological polar surface area (TPSA) is 116 Å². The maximum Gasteiger partial charge on any atom is 0.354 e. The molecular formula is C22H24N6O3. The van der Waals surface area contributed by atoms with Gasteiger partial charge in [0.15, 0.2) is 17.2 Å². The molecule has 3 aromatic rings. The molecule has 0 amide bonds. The summed E-state index contributed by atoms with van der Waals surface area (Å²) >= 11 is 0. The van der Waals surface area contributed by atoms with Crippen molar-refractivity contribution in [2.24, 2.45) is 0 Å². The normalized spacial score (nSPS) is 14.4. The van der Waals surface area contributed by atoms with Gasteiger partial charge in [0.25, 0.3) is 0 Å². The van der Waals surface area contributed by atoms with Crippen LogP contribution >= 0.6 is 0 Å². The van der Waals surface area contributed by atoms with Crippen LogP contribution in [0.25, 0.3) is 5.65 Å². The Hall–Kier alpha value is -3.64. The lowest BCUT2D eigenvalue weighted by Gasteiger charge is -2.36. The maximum atomic E-state index is 12.0. The van der Waals surface area contributed by atoms with Crippen molar-refractivity contribution in [2.75, 3.05) is 30.0 Å². The van der Waals surface area contributed by atoms with Gasteiger partial charge in [-0.1, -0.05) is 18.2 Å². The summed E-state index contributed by atoms with van der Waals surface area (Å²) in [5.74, 6) is -0.145. The van der Waals surface area contributed by atoms with Crippen molar-refractivity contribution in [2.45, 2.75) is 32.7 Å². The monoisotopic (exact) mass is 420 g/mol. The third-order valence-corrected chi connectivity index (χ3v) is 5.57. The number of aromatic nitrogens is 3. The molecule has 0 unspecified atom stereocenters. The van der Waals surface area contributed by atoms with Crippen LogP contribution in [0.5, 0.6) is 0 Å². The van der Waals surface area contributed by atoms with Gasteiger partial charge < -0.3 is 20.1 Å². The van der Waals surface area contributed by atoms with Crippen molar-refractivity contribution in [3.8, 4) is 6.07 Å². The van der Waals surface area contributed by atoms with E-state index in [1.165, 1.54) is 0 Å². The number of carboxylic acids is 1. The van der Waals surface area contributed by atoms with Crippen molar-refractivity contribution >= 4 is 28.9 Å². The van der Waals surface area contributed by atoms with Crippen LogP contribution in [0.1, 0.15) is 41.4 Å². The number of anilines is 3. The van der Waals surface area contributed by atoms with E-state index >= 15 is 0 Å². The van der Waals surface area contributed by atoms with Gasteiger partial charge in [0.05, 0.1) is 0 Å². The lowest BCUT2D eigenvalue weighted by Crippen LogP contribution is -2.41. The first kappa shape index (κ1) is 20.6. The zero-order valence-corrected chi connectivity index (χ0v) is 17.5. The van der Waals surface area contributed by atoms with Crippen LogP contribution in [0.2, 0.25) is 0 Å². The molecule has 9 nitrogen and oxygen atoms in total. The van der Waals surface area contributed by atoms with Crippen LogP contribution in [0, 0.1) is 18.3 Å². The highest BCUT2D eigenvalue weighted by molar-refractivity contribution is 5.90. The van der Waals surface area contributed by atoms with Gasteiger partial charge in [-0.25, -0.2) is 9.78 Å². The molecule has 1 aliphatic rings. The van der Waals surface area contributed by atoms with Gasteiger partial charge in [-0.2, -0.15) is 9.78 Å². The minimum absolute atomic E-state index is 0.0735. The van der Waals surface area contributed by atoms with Crippen LogP contribution in [-0.4, -0.2) is 51.5 Å². The number of nitrogens with one attached hydrogen (secondary N) is 1.